The van der Waals surface area contributed by atoms with Gasteiger partial charge in [-0.1, -0.05) is 129 Å². The van der Waals surface area contributed by atoms with Crippen LogP contribution in [0.3, 0.4) is 0 Å². The van der Waals surface area contributed by atoms with Crippen LogP contribution >= 0.6 is 0 Å². The summed E-state index contributed by atoms with van der Waals surface area (Å²) in [6, 6.07) is 7.91. The molecule has 5 atom stereocenters. The van der Waals surface area contributed by atoms with E-state index in [2.05, 4.69) is 27.7 Å². The lowest BCUT2D eigenvalue weighted by molar-refractivity contribution is -0.141. The maximum Gasteiger partial charge on any atom is 0.233 e. The lowest BCUT2D eigenvalue weighted by Crippen LogP contribution is -2.38. The van der Waals surface area contributed by atoms with Crippen LogP contribution in [-0.2, 0) is 30.5 Å². The highest BCUT2D eigenvalue weighted by Gasteiger charge is 2.42. The molecule has 5 unspecified atom stereocenters. The van der Waals surface area contributed by atoms with Crippen molar-refractivity contribution >= 4 is 23.6 Å². The van der Waals surface area contributed by atoms with Crippen molar-refractivity contribution in [3.63, 3.8) is 0 Å². The van der Waals surface area contributed by atoms with Crippen LogP contribution in [-0.4, -0.2) is 53.2 Å². The zero-order valence-electron chi connectivity index (χ0n) is 27.8. The van der Waals surface area contributed by atoms with E-state index in [0.29, 0.717) is 23.9 Å². The molecule has 0 N–H and O–H groups in total. The minimum absolute atomic E-state index is 0. The molecule has 0 aliphatic carbocycles. The summed E-state index contributed by atoms with van der Waals surface area (Å²) in [6.45, 7) is 27.0. The Bertz CT molecular complexity index is 995. The van der Waals surface area contributed by atoms with Gasteiger partial charge in [-0.15, -0.1) is 0 Å². The Morgan fingerprint density at radius 2 is 1.07 bits per heavy atom. The van der Waals surface area contributed by atoms with Crippen molar-refractivity contribution < 1.29 is 23.9 Å². The first kappa shape index (κ1) is 49.3. The number of rotatable bonds is 4. The molecule has 4 rings (SSSR count). The molecule has 0 aromatic heterocycles. The van der Waals surface area contributed by atoms with Crippen LogP contribution in [0.15, 0.2) is 24.3 Å². The van der Waals surface area contributed by atoms with Crippen molar-refractivity contribution in [2.45, 2.75) is 132 Å². The quantitative estimate of drug-likeness (QED) is 0.308. The monoisotopic (exact) mass is 637 g/mol. The van der Waals surface area contributed by atoms with Crippen LogP contribution in [0, 0.1) is 41.4 Å². The third-order valence-corrected chi connectivity index (χ3v) is 8.60. The molecule has 7 nitrogen and oxygen atoms in total. The summed E-state index contributed by atoms with van der Waals surface area (Å²) >= 11 is 0. The van der Waals surface area contributed by atoms with Crippen molar-refractivity contribution in [2.24, 2.45) is 34.5 Å². The van der Waals surface area contributed by atoms with E-state index in [0.717, 1.165) is 18.8 Å². The second-order valence-corrected chi connectivity index (χ2v) is 12.8. The zero-order valence-corrected chi connectivity index (χ0v) is 27.8. The maximum atomic E-state index is 11.9. The van der Waals surface area contributed by atoms with Crippen molar-refractivity contribution in [1.82, 2.24) is 9.80 Å². The first-order chi connectivity index (χ1) is 19.1. The fourth-order valence-electron chi connectivity index (χ4n) is 5.46. The number of nitrogens with zero attached hydrogens (tertiary/aromatic N) is 2. The topological polar surface area (TPSA) is 84.0 Å². The Morgan fingerprint density at radius 3 is 1.36 bits per heavy atom. The molecule has 264 valence electrons. The summed E-state index contributed by atoms with van der Waals surface area (Å²) in [5.41, 5.74) is 3.00. The van der Waals surface area contributed by atoms with Crippen LogP contribution in [0.4, 0.5) is 0 Å². The molecular weight excluding hydrogens is 564 g/mol. The molecule has 3 aliphatic heterocycles. The van der Waals surface area contributed by atoms with E-state index in [1.54, 1.807) is 13.8 Å². The summed E-state index contributed by atoms with van der Waals surface area (Å²) in [7, 11) is 0. The predicted molar refractivity (Wildman–Crippen MR) is 192 cm³/mol. The average molecular weight is 637 g/mol. The molecule has 7 heteroatoms. The minimum atomic E-state index is -0.187. The van der Waals surface area contributed by atoms with Gasteiger partial charge in [-0.05, 0) is 43.1 Å². The molecule has 0 saturated carbocycles. The number of benzene rings is 1. The van der Waals surface area contributed by atoms with E-state index in [1.807, 2.05) is 65.8 Å². The van der Waals surface area contributed by atoms with Gasteiger partial charge < -0.3 is 4.74 Å². The minimum Gasteiger partial charge on any atom is -0.380 e. The molecule has 4 amide bonds. The van der Waals surface area contributed by atoms with Crippen molar-refractivity contribution in [3.05, 3.63) is 35.4 Å². The number of hydrogen-bond acceptors (Lipinski definition) is 5. The second kappa shape index (κ2) is 21.3. The van der Waals surface area contributed by atoms with Crippen molar-refractivity contribution in [3.8, 4) is 0 Å². The number of amides is 4. The summed E-state index contributed by atoms with van der Waals surface area (Å²) in [5, 5.41) is 0. The fourth-order valence-corrected chi connectivity index (χ4v) is 5.46. The summed E-state index contributed by atoms with van der Waals surface area (Å²) < 4.78 is 5.59. The summed E-state index contributed by atoms with van der Waals surface area (Å²) in [4.78, 5) is 49.0. The van der Waals surface area contributed by atoms with Crippen LogP contribution in [0.2, 0.25) is 0 Å². The standard InChI is InChI=1S/C14H17NO2.C10H20O.C8H13NO2.C2H6.4CH4/c1-9-4-6-12(7-5-9)8-15-13(16)10(2)11(3)14(15)17;1-5-10(4)6-9(2,3)7-11-8-10;1-4-9-7(10)5(2)6(3)8(9)11;1-2;;;;/h4-7,10-11H,8H2,1-3H3;5-8H2,1-4H3;5-6H,4H2,1-3H3;1-2H3;4*1H4. The Hall–Kier alpha value is -2.54. The van der Waals surface area contributed by atoms with Crippen LogP contribution < -0.4 is 0 Å². The van der Waals surface area contributed by atoms with Crippen LogP contribution in [0.5, 0.6) is 0 Å². The second-order valence-electron chi connectivity index (χ2n) is 12.8. The first-order valence-corrected chi connectivity index (χ1v) is 15.4. The Kier molecular flexibility index (Phi) is 23.3. The third-order valence-electron chi connectivity index (χ3n) is 8.60. The van der Waals surface area contributed by atoms with Crippen molar-refractivity contribution in [2.75, 3.05) is 19.8 Å². The molecule has 0 spiro atoms. The SMILES string of the molecule is C.C.C.C.CC.CCC1(C)COCC(C)(C)C1.CCN1C(=O)C(C)C(C)C1=O.Cc1ccc(CN2C(=O)C(C)C(C)C2=O)cc1. The molecular formula is C38H72N2O5. The summed E-state index contributed by atoms with van der Waals surface area (Å²) in [6.07, 6.45) is 2.53. The lowest BCUT2D eigenvalue weighted by Gasteiger charge is -2.42. The smallest absolute Gasteiger partial charge is 0.233 e. The number of hydrogen-bond donors (Lipinski definition) is 0. The van der Waals surface area contributed by atoms with E-state index >= 15 is 0 Å². The van der Waals surface area contributed by atoms with Gasteiger partial charge in [-0.2, -0.15) is 0 Å². The maximum absolute atomic E-state index is 11.9. The van der Waals surface area contributed by atoms with Gasteiger partial charge in [0.1, 0.15) is 0 Å². The largest absolute Gasteiger partial charge is 0.380 e. The van der Waals surface area contributed by atoms with E-state index in [9.17, 15) is 19.2 Å². The number of carbonyl (C=O) groups excluding carboxylic acids is 4. The molecule has 0 bridgehead atoms. The number of carbonyl (C=O) groups is 4. The van der Waals surface area contributed by atoms with Gasteiger partial charge in [-0.3, -0.25) is 29.0 Å². The van der Waals surface area contributed by atoms with E-state index in [1.165, 1.54) is 28.2 Å². The zero-order chi connectivity index (χ0) is 31.7. The average Bonchev–Trinajstić information content (AvgIpc) is 3.24. The van der Waals surface area contributed by atoms with Gasteiger partial charge in [0.15, 0.2) is 0 Å². The molecule has 1 aromatic rings. The Balaban J connectivity index is -0.000000269. The van der Waals surface area contributed by atoms with Gasteiger partial charge in [0.05, 0.1) is 19.8 Å². The Morgan fingerprint density at radius 1 is 0.689 bits per heavy atom. The van der Waals surface area contributed by atoms with Crippen LogP contribution in [0.25, 0.3) is 0 Å². The van der Waals surface area contributed by atoms with Gasteiger partial charge in [0, 0.05) is 30.2 Å². The molecule has 1 aromatic carbocycles. The molecule has 3 aliphatic rings. The van der Waals surface area contributed by atoms with E-state index in [4.69, 9.17) is 4.74 Å². The normalized spacial score (nSPS) is 26.2. The van der Waals surface area contributed by atoms with Crippen molar-refractivity contribution in [1.29, 1.82) is 0 Å². The summed E-state index contributed by atoms with van der Waals surface area (Å²) in [5.74, 6) is -0.771. The highest BCUT2D eigenvalue weighted by Crippen LogP contribution is 2.40. The van der Waals surface area contributed by atoms with Gasteiger partial charge in [-0.25, -0.2) is 0 Å². The number of imide groups is 2. The number of aryl methyl sites for hydroxylation is 1. The molecule has 3 heterocycles. The highest BCUT2D eigenvalue weighted by molar-refractivity contribution is 6.05. The lowest BCUT2D eigenvalue weighted by atomic mass is 9.71. The molecule has 0 radical (unpaired) electrons. The number of ether oxygens (including phenoxy) is 1. The van der Waals surface area contributed by atoms with E-state index < -0.39 is 0 Å². The number of likely N-dealkylation sites (tertiary alicyclic amines) is 2. The highest BCUT2D eigenvalue weighted by atomic mass is 16.5. The third kappa shape index (κ3) is 13.0. The molecule has 45 heavy (non-hydrogen) atoms. The molecule has 3 saturated heterocycles. The Labute approximate surface area is 278 Å². The van der Waals surface area contributed by atoms with Gasteiger partial charge in [0.25, 0.3) is 0 Å². The predicted octanol–water partition coefficient (Wildman–Crippen LogP) is 9.20. The van der Waals surface area contributed by atoms with Gasteiger partial charge >= 0.3 is 0 Å². The van der Waals surface area contributed by atoms with E-state index in [-0.39, 0.29) is 77.0 Å². The molecule has 3 fully saturated rings. The van der Waals surface area contributed by atoms with Crippen LogP contribution in [0.1, 0.15) is 130 Å². The van der Waals surface area contributed by atoms with Gasteiger partial charge in [0.2, 0.25) is 23.6 Å². The fraction of sp³-hybridized carbons (Fsp3) is 0.737. The first-order valence-electron chi connectivity index (χ1n) is 15.4.